The molecule has 5 nitrogen and oxygen atoms in total. The maximum absolute atomic E-state index is 10.9. The van der Waals surface area contributed by atoms with Crippen molar-refractivity contribution in [2.75, 3.05) is 6.54 Å². The van der Waals surface area contributed by atoms with Crippen LogP contribution < -0.4 is 11.1 Å². The van der Waals surface area contributed by atoms with E-state index in [0.717, 1.165) is 6.42 Å². The van der Waals surface area contributed by atoms with Gasteiger partial charge < -0.3 is 16.2 Å². The van der Waals surface area contributed by atoms with Crippen molar-refractivity contribution in [1.29, 1.82) is 0 Å². The normalized spacial score (nSPS) is 11.3. The first-order chi connectivity index (χ1) is 6.36. The molecule has 1 amide bonds. The molecular weight excluding hydrogens is 184 g/mol. The Morgan fingerprint density at radius 1 is 1.36 bits per heavy atom. The summed E-state index contributed by atoms with van der Waals surface area (Å²) in [6.07, 6.45) is 1.50. The van der Waals surface area contributed by atoms with Gasteiger partial charge in [-0.05, 0) is 33.2 Å². The molecule has 0 fully saturated rings. The summed E-state index contributed by atoms with van der Waals surface area (Å²) >= 11 is 0. The Balaban J connectivity index is 3.54. The van der Waals surface area contributed by atoms with Gasteiger partial charge in [-0.1, -0.05) is 0 Å². The molecule has 0 saturated heterocycles. The van der Waals surface area contributed by atoms with Crippen molar-refractivity contribution >= 4 is 11.9 Å². The second kappa shape index (κ2) is 5.59. The summed E-state index contributed by atoms with van der Waals surface area (Å²) in [7, 11) is 0. The van der Waals surface area contributed by atoms with E-state index >= 15 is 0 Å². The average Bonchev–Trinajstić information content (AvgIpc) is 2.02. The number of primary amides is 1. The van der Waals surface area contributed by atoms with Crippen molar-refractivity contribution in [2.24, 2.45) is 5.73 Å². The van der Waals surface area contributed by atoms with Crippen LogP contribution in [0.4, 0.5) is 0 Å². The number of carboxylic acid groups (broad SMARTS) is 1. The Morgan fingerprint density at radius 3 is 2.36 bits per heavy atom. The summed E-state index contributed by atoms with van der Waals surface area (Å²) < 4.78 is 0. The molecule has 0 unspecified atom stereocenters. The van der Waals surface area contributed by atoms with E-state index in [1.807, 2.05) is 0 Å². The van der Waals surface area contributed by atoms with E-state index in [1.165, 1.54) is 0 Å². The summed E-state index contributed by atoms with van der Waals surface area (Å²) in [5.74, 6) is -1.20. The van der Waals surface area contributed by atoms with E-state index in [1.54, 1.807) is 13.8 Å². The number of carboxylic acids is 1. The zero-order chi connectivity index (χ0) is 11.2. The van der Waals surface area contributed by atoms with Crippen LogP contribution in [-0.2, 0) is 9.59 Å². The van der Waals surface area contributed by atoms with Gasteiger partial charge in [-0.2, -0.15) is 0 Å². The summed E-state index contributed by atoms with van der Waals surface area (Å²) in [6, 6.07) is 0. The monoisotopic (exact) mass is 202 g/mol. The number of rotatable bonds is 7. The molecular formula is C9H18N2O3. The number of unbranched alkanes of at least 4 members (excludes halogenated alkanes) is 1. The summed E-state index contributed by atoms with van der Waals surface area (Å²) in [6.45, 7) is 4.00. The largest absolute Gasteiger partial charge is 0.481 e. The van der Waals surface area contributed by atoms with Crippen LogP contribution in [0.25, 0.3) is 0 Å². The zero-order valence-corrected chi connectivity index (χ0v) is 8.67. The highest BCUT2D eigenvalue weighted by molar-refractivity contribution is 5.83. The molecule has 0 heterocycles. The van der Waals surface area contributed by atoms with Crippen LogP contribution in [0.3, 0.4) is 0 Å². The lowest BCUT2D eigenvalue weighted by Crippen LogP contribution is -2.50. The highest BCUT2D eigenvalue weighted by Crippen LogP contribution is 2.01. The maximum atomic E-state index is 10.9. The van der Waals surface area contributed by atoms with Crippen molar-refractivity contribution < 1.29 is 14.7 Å². The van der Waals surface area contributed by atoms with Crippen LogP contribution >= 0.6 is 0 Å². The molecule has 0 aromatic carbocycles. The minimum absolute atomic E-state index is 0.165. The van der Waals surface area contributed by atoms with Gasteiger partial charge in [0.15, 0.2) is 0 Å². The molecule has 0 aliphatic rings. The molecule has 82 valence electrons. The van der Waals surface area contributed by atoms with Gasteiger partial charge in [0.2, 0.25) is 5.91 Å². The number of nitrogens with one attached hydrogen (secondary N) is 1. The van der Waals surface area contributed by atoms with Crippen molar-refractivity contribution in [1.82, 2.24) is 5.32 Å². The number of nitrogens with two attached hydrogens (primary N) is 1. The first-order valence-electron chi connectivity index (χ1n) is 4.63. The molecule has 0 aliphatic heterocycles. The fourth-order valence-electron chi connectivity index (χ4n) is 0.889. The third-order valence-electron chi connectivity index (χ3n) is 2.00. The fraction of sp³-hybridized carbons (Fsp3) is 0.778. The van der Waals surface area contributed by atoms with Gasteiger partial charge in [0, 0.05) is 6.42 Å². The molecule has 0 bridgehead atoms. The summed E-state index contributed by atoms with van der Waals surface area (Å²) in [5, 5.41) is 11.3. The molecule has 0 aliphatic carbocycles. The van der Waals surface area contributed by atoms with Gasteiger partial charge in [-0.25, -0.2) is 0 Å². The minimum atomic E-state index is -0.792. The van der Waals surface area contributed by atoms with Gasteiger partial charge >= 0.3 is 5.97 Å². The highest BCUT2D eigenvalue weighted by atomic mass is 16.4. The molecule has 5 heteroatoms. The Hall–Kier alpha value is -1.10. The Bertz CT molecular complexity index is 214. The number of hydrogen-bond donors (Lipinski definition) is 3. The van der Waals surface area contributed by atoms with E-state index in [9.17, 15) is 9.59 Å². The standard InChI is InChI=1S/C9H18N2O3/c1-9(2,8(10)14)11-6-4-3-5-7(12)13/h11H,3-6H2,1-2H3,(H2,10,14)(H,12,13). The lowest BCUT2D eigenvalue weighted by atomic mass is 10.0. The maximum Gasteiger partial charge on any atom is 0.303 e. The number of aliphatic carboxylic acids is 1. The summed E-state index contributed by atoms with van der Waals surface area (Å²) in [5.41, 5.74) is 4.42. The first-order valence-corrected chi connectivity index (χ1v) is 4.63. The van der Waals surface area contributed by atoms with E-state index in [0.29, 0.717) is 13.0 Å². The molecule has 4 N–H and O–H groups in total. The lowest BCUT2D eigenvalue weighted by molar-refractivity contribution is -0.137. The van der Waals surface area contributed by atoms with E-state index in [4.69, 9.17) is 10.8 Å². The molecule has 0 aromatic rings. The topological polar surface area (TPSA) is 92.4 Å². The van der Waals surface area contributed by atoms with Crippen LogP contribution in [0.1, 0.15) is 33.1 Å². The molecule has 0 aromatic heterocycles. The predicted molar refractivity (Wildman–Crippen MR) is 52.8 cm³/mol. The molecule has 0 rings (SSSR count). The molecule has 0 spiro atoms. The van der Waals surface area contributed by atoms with Crippen molar-refractivity contribution in [2.45, 2.75) is 38.6 Å². The predicted octanol–water partition coefficient (Wildman–Crippen LogP) is 0.0948. The van der Waals surface area contributed by atoms with Crippen molar-refractivity contribution in [3.8, 4) is 0 Å². The Morgan fingerprint density at radius 2 is 1.93 bits per heavy atom. The van der Waals surface area contributed by atoms with Gasteiger partial charge in [0.1, 0.15) is 0 Å². The molecule has 0 radical (unpaired) electrons. The quantitative estimate of drug-likeness (QED) is 0.510. The first kappa shape index (κ1) is 12.9. The van der Waals surface area contributed by atoms with Gasteiger partial charge in [-0.15, -0.1) is 0 Å². The van der Waals surface area contributed by atoms with Crippen LogP contribution in [0.15, 0.2) is 0 Å². The van der Waals surface area contributed by atoms with Crippen LogP contribution in [0, 0.1) is 0 Å². The zero-order valence-electron chi connectivity index (χ0n) is 8.67. The Labute approximate surface area is 83.7 Å². The third-order valence-corrected chi connectivity index (χ3v) is 2.00. The van der Waals surface area contributed by atoms with Crippen LogP contribution in [0.2, 0.25) is 0 Å². The van der Waals surface area contributed by atoms with E-state index in [2.05, 4.69) is 5.32 Å². The smallest absolute Gasteiger partial charge is 0.303 e. The number of carbonyl (C=O) groups is 2. The number of carbonyl (C=O) groups excluding carboxylic acids is 1. The summed E-state index contributed by atoms with van der Waals surface area (Å²) in [4.78, 5) is 21.0. The van der Waals surface area contributed by atoms with Gasteiger partial charge in [-0.3, -0.25) is 9.59 Å². The molecule has 0 atom stereocenters. The third kappa shape index (κ3) is 5.53. The van der Waals surface area contributed by atoms with Crippen LogP contribution in [-0.4, -0.2) is 29.1 Å². The van der Waals surface area contributed by atoms with E-state index in [-0.39, 0.29) is 6.42 Å². The molecule has 0 saturated carbocycles. The Kier molecular flexibility index (Phi) is 5.15. The van der Waals surface area contributed by atoms with Crippen LogP contribution in [0.5, 0.6) is 0 Å². The highest BCUT2D eigenvalue weighted by Gasteiger charge is 2.22. The number of hydrogen-bond acceptors (Lipinski definition) is 3. The van der Waals surface area contributed by atoms with Gasteiger partial charge in [0.25, 0.3) is 0 Å². The van der Waals surface area contributed by atoms with Crippen molar-refractivity contribution in [3.63, 3.8) is 0 Å². The fourth-order valence-corrected chi connectivity index (χ4v) is 0.889. The van der Waals surface area contributed by atoms with E-state index < -0.39 is 17.4 Å². The second-order valence-corrected chi connectivity index (χ2v) is 3.77. The van der Waals surface area contributed by atoms with Gasteiger partial charge in [0.05, 0.1) is 5.54 Å². The SMILES string of the molecule is CC(C)(NCCCCC(=O)O)C(N)=O. The minimum Gasteiger partial charge on any atom is -0.481 e. The van der Waals surface area contributed by atoms with Crippen molar-refractivity contribution in [3.05, 3.63) is 0 Å². The second-order valence-electron chi connectivity index (χ2n) is 3.77. The lowest BCUT2D eigenvalue weighted by Gasteiger charge is -2.21. The average molecular weight is 202 g/mol. The molecule has 14 heavy (non-hydrogen) atoms. The number of amides is 1.